The van der Waals surface area contributed by atoms with Crippen LogP contribution in [-0.4, -0.2) is 38.4 Å². The van der Waals surface area contributed by atoms with Crippen LogP contribution in [0.3, 0.4) is 0 Å². The van der Waals surface area contributed by atoms with E-state index in [1.807, 2.05) is 0 Å². The topological polar surface area (TPSA) is 41.6 Å². The van der Waals surface area contributed by atoms with E-state index >= 15 is 0 Å². The Bertz CT molecular complexity index is 585. The van der Waals surface area contributed by atoms with Crippen molar-refractivity contribution >= 4 is 11.6 Å². The number of carbonyl (C=O) groups is 1. The zero-order valence-electron chi connectivity index (χ0n) is 15.5. The van der Waals surface area contributed by atoms with Crippen molar-refractivity contribution in [3.05, 3.63) is 23.8 Å². The van der Waals surface area contributed by atoms with Gasteiger partial charge in [0.05, 0.1) is 7.11 Å². The monoisotopic (exact) mass is 240 g/mol. The lowest BCUT2D eigenvalue weighted by atomic mass is 9.97. The van der Waals surface area contributed by atoms with Crippen molar-refractivity contribution in [3.8, 4) is 5.75 Å². The van der Waals surface area contributed by atoms with E-state index in [1.54, 1.807) is 25.3 Å². The van der Waals surface area contributed by atoms with Crippen LogP contribution in [0.15, 0.2) is 18.2 Å². The molecule has 4 heteroatoms. The first-order valence-electron chi connectivity index (χ1n) is 8.29. The van der Waals surface area contributed by atoms with Crippen molar-refractivity contribution in [2.24, 2.45) is 0 Å². The summed E-state index contributed by atoms with van der Waals surface area (Å²) >= 11 is 0. The Morgan fingerprint density at radius 2 is 2.47 bits per heavy atom. The number of rotatable bonds is 3. The molecule has 0 aliphatic carbocycles. The molecule has 1 N–H and O–H groups in total. The lowest BCUT2D eigenvalue weighted by Gasteiger charge is -2.14. The second-order valence-electron chi connectivity index (χ2n) is 3.96. The highest BCUT2D eigenvalue weighted by atomic mass is 16.5. The minimum Gasteiger partial charge on any atom is -0.497 e. The van der Waals surface area contributed by atoms with Gasteiger partial charge >= 0.3 is 0 Å². The first-order chi connectivity index (χ1) is 10.5. The molecule has 0 saturated carbocycles. The van der Waals surface area contributed by atoms with Crippen molar-refractivity contribution in [2.45, 2.75) is 12.3 Å². The third kappa shape index (κ3) is 2.35. The number of amides is 1. The summed E-state index contributed by atoms with van der Waals surface area (Å²) in [6.45, 7) is -5.57. The third-order valence-electron chi connectivity index (χ3n) is 2.91. The molecule has 0 saturated heterocycles. The molecular formula is C13H18N2O2. The number of hydrogen-bond donors (Lipinski definition) is 1. The van der Waals surface area contributed by atoms with Crippen molar-refractivity contribution in [3.63, 3.8) is 0 Å². The summed E-state index contributed by atoms with van der Waals surface area (Å²) < 4.78 is 48.9. The smallest absolute Gasteiger partial charge is 0.222 e. The Morgan fingerprint density at radius 3 is 3.18 bits per heavy atom. The maximum absolute atomic E-state index is 12.3. The number of benzene rings is 1. The van der Waals surface area contributed by atoms with E-state index in [9.17, 15) is 4.79 Å². The van der Waals surface area contributed by atoms with Crippen LogP contribution in [0.4, 0.5) is 5.69 Å². The van der Waals surface area contributed by atoms with Gasteiger partial charge in [0.15, 0.2) is 0 Å². The third-order valence-corrected chi connectivity index (χ3v) is 2.91. The fraction of sp³-hybridized carbons (Fsp3) is 0.462. The average molecular weight is 240 g/mol. The van der Waals surface area contributed by atoms with Gasteiger partial charge in [-0.1, -0.05) is 6.07 Å². The minimum absolute atomic E-state index is 0.0154. The van der Waals surface area contributed by atoms with Gasteiger partial charge in [-0.15, -0.1) is 0 Å². The molecule has 1 aliphatic rings. The summed E-state index contributed by atoms with van der Waals surface area (Å²) in [5.41, 5.74) is 1.65. The van der Waals surface area contributed by atoms with Gasteiger partial charge in [0.2, 0.25) is 5.91 Å². The Balaban J connectivity index is 2.19. The number of nitrogens with zero attached hydrogens (tertiary/aromatic N) is 1. The van der Waals surface area contributed by atoms with Gasteiger partial charge in [-0.05, 0) is 11.6 Å². The van der Waals surface area contributed by atoms with Gasteiger partial charge in [0.1, 0.15) is 5.75 Å². The number of fused-ring (bicyclic) bond motifs is 1. The van der Waals surface area contributed by atoms with Crippen LogP contribution in [0, 0.1) is 0 Å². The average Bonchev–Trinajstić information content (AvgIpc) is 2.77. The van der Waals surface area contributed by atoms with Crippen LogP contribution in [0.25, 0.3) is 0 Å². The fourth-order valence-corrected chi connectivity index (χ4v) is 2.00. The number of ether oxygens (including phenoxy) is 1. The quantitative estimate of drug-likeness (QED) is 0.874. The van der Waals surface area contributed by atoms with Crippen LogP contribution < -0.4 is 10.1 Å². The molecule has 1 amide bonds. The van der Waals surface area contributed by atoms with Crippen molar-refractivity contribution < 1.29 is 17.8 Å². The SMILES string of the molecule is [2H]C([2H])([2H])N(C(=O)CC1CNc2cc(OC)ccc21)C([2H])([2H])[2H]. The van der Waals surface area contributed by atoms with Crippen LogP contribution in [0.1, 0.15) is 26.1 Å². The number of anilines is 1. The summed E-state index contributed by atoms with van der Waals surface area (Å²) in [6, 6.07) is 5.32. The van der Waals surface area contributed by atoms with E-state index in [-0.39, 0.29) is 17.2 Å². The van der Waals surface area contributed by atoms with E-state index in [0.29, 0.717) is 12.3 Å². The summed E-state index contributed by atoms with van der Waals surface area (Å²) in [4.78, 5) is 12.3. The van der Waals surface area contributed by atoms with Crippen LogP contribution >= 0.6 is 0 Å². The largest absolute Gasteiger partial charge is 0.497 e. The molecule has 1 aromatic carbocycles. The lowest BCUT2D eigenvalue weighted by Crippen LogP contribution is -2.24. The fourth-order valence-electron chi connectivity index (χ4n) is 2.00. The summed E-state index contributed by atoms with van der Waals surface area (Å²) in [6.07, 6.45) is -0.191. The van der Waals surface area contributed by atoms with Crippen molar-refractivity contribution in [1.29, 1.82) is 0 Å². The summed E-state index contributed by atoms with van der Waals surface area (Å²) in [7, 11) is 1.54. The molecule has 92 valence electrons. The van der Waals surface area contributed by atoms with E-state index in [1.165, 1.54) is 0 Å². The molecule has 17 heavy (non-hydrogen) atoms. The Morgan fingerprint density at radius 1 is 1.65 bits per heavy atom. The summed E-state index contributed by atoms with van der Waals surface area (Å²) in [5.74, 6) is -0.536. The van der Waals surface area contributed by atoms with Crippen LogP contribution in [0.5, 0.6) is 5.75 Å². The van der Waals surface area contributed by atoms with Crippen molar-refractivity contribution in [1.82, 2.24) is 4.90 Å². The van der Waals surface area contributed by atoms with Gasteiger partial charge in [-0.3, -0.25) is 4.79 Å². The summed E-state index contributed by atoms with van der Waals surface area (Å²) in [5, 5.41) is 3.11. The van der Waals surface area contributed by atoms with E-state index in [0.717, 1.165) is 11.3 Å². The minimum atomic E-state index is -3.00. The molecule has 1 aromatic rings. The van der Waals surface area contributed by atoms with E-state index in [2.05, 4.69) is 5.32 Å². The van der Waals surface area contributed by atoms with Crippen LogP contribution in [0.2, 0.25) is 0 Å². The maximum atomic E-state index is 12.3. The Hall–Kier alpha value is -1.71. The molecule has 4 nitrogen and oxygen atoms in total. The van der Waals surface area contributed by atoms with Gasteiger partial charge in [-0.25, -0.2) is 0 Å². The molecule has 1 aliphatic heterocycles. The van der Waals surface area contributed by atoms with Gasteiger partial charge < -0.3 is 15.0 Å². The number of hydrogen-bond acceptors (Lipinski definition) is 3. The number of nitrogens with one attached hydrogen (secondary N) is 1. The highest BCUT2D eigenvalue weighted by Gasteiger charge is 2.25. The predicted molar refractivity (Wildman–Crippen MR) is 67.5 cm³/mol. The molecule has 0 bridgehead atoms. The second-order valence-corrected chi connectivity index (χ2v) is 3.96. The molecule has 1 heterocycles. The normalized spacial score (nSPS) is 23.9. The molecule has 0 spiro atoms. The predicted octanol–water partition coefficient (Wildman–Crippen LogP) is 1.68. The van der Waals surface area contributed by atoms with Gasteiger partial charge in [0, 0.05) is 52.8 Å². The van der Waals surface area contributed by atoms with Crippen LogP contribution in [-0.2, 0) is 4.79 Å². The zero-order chi connectivity index (χ0) is 17.4. The highest BCUT2D eigenvalue weighted by molar-refractivity contribution is 5.78. The molecule has 2 rings (SSSR count). The Kier molecular flexibility index (Phi) is 1.72. The maximum Gasteiger partial charge on any atom is 0.222 e. The standard InChI is InChI=1S/C13H18N2O2/c1-15(2)13(16)6-9-8-14-12-7-10(17-3)4-5-11(9)12/h4-5,7,9,14H,6,8H2,1-3H3/i1D3,2D3. The lowest BCUT2D eigenvalue weighted by molar-refractivity contribution is -0.129. The van der Waals surface area contributed by atoms with Gasteiger partial charge in [-0.2, -0.15) is 0 Å². The van der Waals surface area contributed by atoms with E-state index in [4.69, 9.17) is 13.0 Å². The first-order valence-corrected chi connectivity index (χ1v) is 5.29. The second kappa shape index (κ2) is 4.65. The highest BCUT2D eigenvalue weighted by Crippen LogP contribution is 2.36. The molecular weight excluding hydrogens is 216 g/mol. The molecule has 0 aromatic heterocycles. The van der Waals surface area contributed by atoms with Gasteiger partial charge in [0.25, 0.3) is 0 Å². The van der Waals surface area contributed by atoms with Crippen molar-refractivity contribution in [2.75, 3.05) is 32.9 Å². The number of methoxy groups -OCH3 is 1. The molecule has 1 unspecified atom stereocenters. The molecule has 0 radical (unpaired) electrons. The molecule has 0 fully saturated rings. The first kappa shape index (κ1) is 6.28. The Labute approximate surface area is 110 Å². The zero-order valence-corrected chi connectivity index (χ0v) is 9.49. The van der Waals surface area contributed by atoms with E-state index < -0.39 is 19.9 Å². The number of carbonyl (C=O) groups excluding carboxylic acids is 1. The molecule has 1 atom stereocenters.